The summed E-state index contributed by atoms with van der Waals surface area (Å²) in [6, 6.07) is 19.0. The topological polar surface area (TPSA) is 73.2 Å². The van der Waals surface area contributed by atoms with Gasteiger partial charge in [0, 0.05) is 15.1 Å². The number of nitrogens with one attached hydrogen (secondary N) is 1. The minimum absolute atomic E-state index is 0.201. The number of fused-ring (bicyclic) bond motifs is 1. The third-order valence-corrected chi connectivity index (χ3v) is 5.26. The molecule has 0 fully saturated rings. The molecular weight excluding hydrogens is 470 g/mol. The first-order valence-electron chi connectivity index (χ1n) is 8.90. The first-order chi connectivity index (χ1) is 14.5. The minimum Gasteiger partial charge on any atom is -0.496 e. The molecule has 0 aliphatic heterocycles. The molecule has 1 aromatic heterocycles. The summed E-state index contributed by atoms with van der Waals surface area (Å²) in [4.78, 5) is 30.9. The summed E-state index contributed by atoms with van der Waals surface area (Å²) >= 11 is 9.45. The van der Waals surface area contributed by atoms with Crippen LogP contribution in [0.5, 0.6) is 5.75 Å². The van der Waals surface area contributed by atoms with Gasteiger partial charge in [-0.05, 0) is 42.5 Å². The maximum Gasteiger partial charge on any atom is 0.280 e. The quantitative estimate of drug-likeness (QED) is 0.448. The van der Waals surface area contributed by atoms with Crippen LogP contribution in [-0.2, 0) is 0 Å². The number of amides is 1. The monoisotopic (exact) mass is 483 g/mol. The molecule has 150 valence electrons. The van der Waals surface area contributed by atoms with Gasteiger partial charge in [-0.2, -0.15) is 4.68 Å². The number of halogens is 2. The fraction of sp³-hybridized carbons (Fsp3) is 0.0455. The van der Waals surface area contributed by atoms with Crippen LogP contribution in [-0.4, -0.2) is 22.7 Å². The summed E-state index contributed by atoms with van der Waals surface area (Å²) in [5, 5.41) is 0.759. The smallest absolute Gasteiger partial charge is 0.280 e. The molecule has 0 aliphatic rings. The maximum absolute atomic E-state index is 13.2. The Kier molecular flexibility index (Phi) is 5.57. The summed E-state index contributed by atoms with van der Waals surface area (Å²) < 4.78 is 7.29. The van der Waals surface area contributed by atoms with E-state index in [4.69, 9.17) is 16.3 Å². The fourth-order valence-corrected chi connectivity index (χ4v) is 3.48. The molecule has 0 atom stereocenters. The number of para-hydroxylation sites is 1. The minimum atomic E-state index is -0.549. The molecule has 8 heteroatoms. The lowest BCUT2D eigenvalue weighted by Gasteiger charge is -2.16. The summed E-state index contributed by atoms with van der Waals surface area (Å²) in [7, 11) is 1.46. The van der Waals surface area contributed by atoms with Gasteiger partial charge in [-0.3, -0.25) is 15.0 Å². The van der Waals surface area contributed by atoms with Gasteiger partial charge in [0.25, 0.3) is 11.5 Å². The van der Waals surface area contributed by atoms with Crippen molar-refractivity contribution in [3.8, 4) is 17.1 Å². The number of ether oxygens (including phenoxy) is 1. The van der Waals surface area contributed by atoms with Crippen molar-refractivity contribution in [2.75, 3.05) is 12.5 Å². The second-order valence-electron chi connectivity index (χ2n) is 6.39. The van der Waals surface area contributed by atoms with Crippen LogP contribution in [0.2, 0.25) is 5.02 Å². The predicted octanol–water partition coefficient (Wildman–Crippen LogP) is 4.87. The number of carbonyl (C=O) groups is 1. The van der Waals surface area contributed by atoms with E-state index in [1.165, 1.54) is 13.2 Å². The molecule has 0 aliphatic carbocycles. The second-order valence-corrected chi connectivity index (χ2v) is 7.74. The number of nitrogens with zero attached hydrogens (tertiary/aromatic N) is 2. The highest BCUT2D eigenvalue weighted by Gasteiger charge is 2.18. The van der Waals surface area contributed by atoms with Gasteiger partial charge < -0.3 is 4.74 Å². The molecule has 0 spiro atoms. The van der Waals surface area contributed by atoms with Crippen LogP contribution < -0.4 is 15.7 Å². The van der Waals surface area contributed by atoms with Crippen LogP contribution in [0.25, 0.3) is 22.3 Å². The molecule has 0 bridgehead atoms. The fourth-order valence-electron chi connectivity index (χ4n) is 3.05. The number of rotatable bonds is 4. The molecule has 0 saturated heterocycles. The van der Waals surface area contributed by atoms with E-state index < -0.39 is 11.5 Å². The number of aromatic nitrogens is 2. The van der Waals surface area contributed by atoms with Crippen LogP contribution in [0, 0.1) is 0 Å². The standard InChI is InChI=1S/C22H15BrClN3O3/c1-30-19-11-10-15(24)12-17(19)21(28)26-27-20(13-6-8-14(23)9-7-13)25-18-5-3-2-4-16(18)22(27)29/h2-12H,1H3,(H,26,28). The van der Waals surface area contributed by atoms with Crippen molar-refractivity contribution >= 4 is 44.3 Å². The van der Waals surface area contributed by atoms with E-state index >= 15 is 0 Å². The van der Waals surface area contributed by atoms with E-state index in [1.54, 1.807) is 36.4 Å². The molecule has 3 aromatic carbocycles. The third kappa shape index (κ3) is 3.81. The van der Waals surface area contributed by atoms with Gasteiger partial charge in [-0.15, -0.1) is 0 Å². The lowest BCUT2D eigenvalue weighted by molar-refractivity contribution is 0.100. The zero-order valence-electron chi connectivity index (χ0n) is 15.7. The Labute approximate surface area is 185 Å². The molecule has 0 unspecified atom stereocenters. The van der Waals surface area contributed by atoms with E-state index in [-0.39, 0.29) is 5.56 Å². The highest BCUT2D eigenvalue weighted by atomic mass is 79.9. The Morgan fingerprint density at radius 2 is 1.83 bits per heavy atom. The van der Waals surface area contributed by atoms with Crippen molar-refractivity contribution in [3.05, 3.63) is 92.1 Å². The Hall–Kier alpha value is -3.16. The van der Waals surface area contributed by atoms with Gasteiger partial charge >= 0.3 is 0 Å². The third-order valence-electron chi connectivity index (χ3n) is 4.50. The van der Waals surface area contributed by atoms with E-state index in [1.807, 2.05) is 24.3 Å². The Bertz CT molecular complexity index is 1320. The maximum atomic E-state index is 13.2. The molecule has 6 nitrogen and oxygen atoms in total. The average molecular weight is 485 g/mol. The van der Waals surface area contributed by atoms with E-state index in [0.717, 1.165) is 9.15 Å². The highest BCUT2D eigenvalue weighted by Crippen LogP contribution is 2.24. The number of hydrogen-bond donors (Lipinski definition) is 1. The molecule has 1 heterocycles. The normalized spacial score (nSPS) is 10.8. The Morgan fingerprint density at radius 3 is 2.57 bits per heavy atom. The predicted molar refractivity (Wildman–Crippen MR) is 121 cm³/mol. The van der Waals surface area contributed by atoms with Crippen molar-refractivity contribution in [1.29, 1.82) is 0 Å². The molecule has 30 heavy (non-hydrogen) atoms. The van der Waals surface area contributed by atoms with Gasteiger partial charge in [0.05, 0.1) is 23.6 Å². The lowest BCUT2D eigenvalue weighted by Crippen LogP contribution is -2.35. The number of hydrogen-bond acceptors (Lipinski definition) is 4. The molecule has 1 N–H and O–H groups in total. The van der Waals surface area contributed by atoms with Crippen molar-refractivity contribution in [3.63, 3.8) is 0 Å². The number of methoxy groups -OCH3 is 1. The number of carbonyl (C=O) groups excluding carboxylic acids is 1. The first-order valence-corrected chi connectivity index (χ1v) is 10.1. The first kappa shape index (κ1) is 20.1. The number of benzene rings is 3. The average Bonchev–Trinajstić information content (AvgIpc) is 2.76. The van der Waals surface area contributed by atoms with Gasteiger partial charge in [-0.25, -0.2) is 4.98 Å². The molecule has 4 aromatic rings. The highest BCUT2D eigenvalue weighted by molar-refractivity contribution is 9.10. The zero-order valence-corrected chi connectivity index (χ0v) is 18.1. The Morgan fingerprint density at radius 1 is 1.10 bits per heavy atom. The molecule has 0 radical (unpaired) electrons. The summed E-state index contributed by atoms with van der Waals surface area (Å²) in [6.45, 7) is 0. The molecule has 0 saturated carbocycles. The van der Waals surface area contributed by atoms with Crippen LogP contribution in [0.1, 0.15) is 10.4 Å². The van der Waals surface area contributed by atoms with Crippen molar-refractivity contribution in [1.82, 2.24) is 9.66 Å². The van der Waals surface area contributed by atoms with Crippen molar-refractivity contribution < 1.29 is 9.53 Å². The summed E-state index contributed by atoms with van der Waals surface area (Å²) in [6.07, 6.45) is 0. The largest absolute Gasteiger partial charge is 0.496 e. The van der Waals surface area contributed by atoms with Gasteiger partial charge in [0.15, 0.2) is 5.82 Å². The van der Waals surface area contributed by atoms with E-state index in [9.17, 15) is 9.59 Å². The van der Waals surface area contributed by atoms with Gasteiger partial charge in [0.2, 0.25) is 0 Å². The van der Waals surface area contributed by atoms with E-state index in [0.29, 0.717) is 33.1 Å². The van der Waals surface area contributed by atoms with Crippen molar-refractivity contribution in [2.24, 2.45) is 0 Å². The van der Waals surface area contributed by atoms with Crippen LogP contribution in [0.15, 0.2) is 76.0 Å². The van der Waals surface area contributed by atoms with E-state index in [2.05, 4.69) is 26.3 Å². The van der Waals surface area contributed by atoms with Crippen molar-refractivity contribution in [2.45, 2.75) is 0 Å². The summed E-state index contributed by atoms with van der Waals surface area (Å²) in [5.74, 6) is 0.0938. The van der Waals surface area contributed by atoms with Gasteiger partial charge in [0.1, 0.15) is 5.75 Å². The molecular formula is C22H15BrClN3O3. The molecule has 4 rings (SSSR count). The second kappa shape index (κ2) is 8.30. The van der Waals surface area contributed by atoms with Gasteiger partial charge in [-0.1, -0.05) is 51.8 Å². The Balaban J connectivity index is 1.89. The summed E-state index contributed by atoms with van der Waals surface area (Å²) in [5.41, 5.74) is 3.66. The lowest BCUT2D eigenvalue weighted by atomic mass is 10.2. The zero-order chi connectivity index (χ0) is 21.3. The SMILES string of the molecule is COc1ccc(Cl)cc1C(=O)Nn1c(-c2ccc(Br)cc2)nc2ccccc2c1=O. The van der Waals surface area contributed by atoms with Crippen LogP contribution >= 0.6 is 27.5 Å². The van der Waals surface area contributed by atoms with Crippen LogP contribution in [0.4, 0.5) is 0 Å². The molecule has 1 amide bonds. The van der Waals surface area contributed by atoms with Crippen LogP contribution in [0.3, 0.4) is 0 Å².